The van der Waals surface area contributed by atoms with E-state index < -0.39 is 17.2 Å². The second kappa shape index (κ2) is 8.49. The van der Waals surface area contributed by atoms with E-state index in [1.54, 1.807) is 60.0 Å². The molecule has 8 nitrogen and oxygen atoms in total. The highest BCUT2D eigenvalue weighted by atomic mass is 32.1. The lowest BCUT2D eigenvalue weighted by Crippen LogP contribution is -2.40. The first kappa shape index (κ1) is 20.4. The van der Waals surface area contributed by atoms with Gasteiger partial charge in [-0.1, -0.05) is 18.2 Å². The molecular weight excluding hydrogens is 418 g/mol. The van der Waals surface area contributed by atoms with Crippen molar-refractivity contribution in [2.75, 3.05) is 19.5 Å². The van der Waals surface area contributed by atoms with Crippen molar-refractivity contribution in [1.29, 1.82) is 0 Å². The summed E-state index contributed by atoms with van der Waals surface area (Å²) in [5, 5.41) is 4.48. The van der Waals surface area contributed by atoms with E-state index in [1.807, 2.05) is 0 Å². The minimum absolute atomic E-state index is 0.256. The molecule has 9 heteroatoms. The molecule has 0 spiro atoms. The van der Waals surface area contributed by atoms with Gasteiger partial charge in [-0.3, -0.25) is 14.2 Å². The van der Waals surface area contributed by atoms with E-state index in [2.05, 4.69) is 5.32 Å². The number of para-hydroxylation sites is 1. The molecule has 1 amide bonds. The van der Waals surface area contributed by atoms with Crippen LogP contribution in [0.4, 0.5) is 5.69 Å². The molecule has 158 valence electrons. The number of rotatable bonds is 6. The normalized spacial score (nSPS) is 10.8. The van der Waals surface area contributed by atoms with Crippen molar-refractivity contribution < 1.29 is 14.3 Å². The number of fused-ring (bicyclic) bond motifs is 1. The highest BCUT2D eigenvalue weighted by Gasteiger charge is 2.18. The summed E-state index contributed by atoms with van der Waals surface area (Å²) < 4.78 is 13.2. The number of aromatic nitrogens is 2. The third kappa shape index (κ3) is 3.82. The van der Waals surface area contributed by atoms with Crippen molar-refractivity contribution in [3.8, 4) is 17.2 Å². The number of carbonyl (C=O) groups excluding carboxylic acids is 1. The van der Waals surface area contributed by atoms with Crippen molar-refractivity contribution in [2.45, 2.75) is 6.54 Å². The maximum atomic E-state index is 13.2. The molecule has 31 heavy (non-hydrogen) atoms. The predicted molar refractivity (Wildman–Crippen MR) is 120 cm³/mol. The molecule has 2 heterocycles. The molecule has 4 rings (SSSR count). The summed E-state index contributed by atoms with van der Waals surface area (Å²) in [5.74, 6) is 0.585. The Balaban J connectivity index is 1.72. The van der Waals surface area contributed by atoms with Crippen LogP contribution in [0.25, 0.3) is 15.9 Å². The number of benzene rings is 2. The van der Waals surface area contributed by atoms with Crippen molar-refractivity contribution in [3.05, 3.63) is 80.8 Å². The van der Waals surface area contributed by atoms with Crippen molar-refractivity contribution in [3.63, 3.8) is 0 Å². The molecule has 2 aromatic carbocycles. The van der Waals surface area contributed by atoms with Crippen molar-refractivity contribution in [2.24, 2.45) is 0 Å². The van der Waals surface area contributed by atoms with Crippen LogP contribution in [-0.2, 0) is 11.3 Å². The first-order chi connectivity index (χ1) is 15.0. The number of hydrogen-bond donors (Lipinski definition) is 1. The number of nitrogens with zero attached hydrogens (tertiary/aromatic N) is 2. The molecule has 4 aromatic rings. The van der Waals surface area contributed by atoms with Gasteiger partial charge in [-0.25, -0.2) is 9.36 Å². The summed E-state index contributed by atoms with van der Waals surface area (Å²) >= 11 is 1.23. The van der Waals surface area contributed by atoms with Gasteiger partial charge in [0.2, 0.25) is 5.91 Å². The number of thiophene rings is 1. The van der Waals surface area contributed by atoms with Crippen LogP contribution in [0.15, 0.2) is 69.6 Å². The largest absolute Gasteiger partial charge is 0.493 e. The number of methoxy groups -OCH3 is 2. The second-order valence-electron chi connectivity index (χ2n) is 6.60. The molecule has 0 atom stereocenters. The van der Waals surface area contributed by atoms with Crippen LogP contribution in [0.1, 0.15) is 0 Å². The van der Waals surface area contributed by atoms with Crippen LogP contribution in [0.2, 0.25) is 0 Å². The van der Waals surface area contributed by atoms with Gasteiger partial charge in [0, 0.05) is 11.8 Å². The van der Waals surface area contributed by atoms with E-state index in [1.165, 1.54) is 30.1 Å². The zero-order valence-corrected chi connectivity index (χ0v) is 17.6. The Morgan fingerprint density at radius 3 is 2.45 bits per heavy atom. The van der Waals surface area contributed by atoms with E-state index in [0.29, 0.717) is 33.1 Å². The van der Waals surface area contributed by atoms with E-state index >= 15 is 0 Å². The van der Waals surface area contributed by atoms with Crippen LogP contribution in [-0.4, -0.2) is 29.3 Å². The average Bonchev–Trinajstić information content (AvgIpc) is 3.27. The summed E-state index contributed by atoms with van der Waals surface area (Å²) in [5.41, 5.74) is 0.382. The molecule has 0 radical (unpaired) electrons. The Hall–Kier alpha value is -3.85. The number of amides is 1. The van der Waals surface area contributed by atoms with Crippen LogP contribution in [0.5, 0.6) is 11.5 Å². The Kier molecular flexibility index (Phi) is 5.59. The average molecular weight is 437 g/mol. The molecule has 0 aliphatic heterocycles. The minimum Gasteiger partial charge on any atom is -0.493 e. The van der Waals surface area contributed by atoms with E-state index in [9.17, 15) is 14.4 Å². The molecule has 0 bridgehead atoms. The van der Waals surface area contributed by atoms with Gasteiger partial charge < -0.3 is 14.8 Å². The Morgan fingerprint density at radius 1 is 1.00 bits per heavy atom. The molecule has 2 aromatic heterocycles. The lowest BCUT2D eigenvalue weighted by Gasteiger charge is -2.13. The first-order valence-corrected chi connectivity index (χ1v) is 10.2. The Labute approximate surface area is 180 Å². The number of hydrogen-bond acceptors (Lipinski definition) is 6. The van der Waals surface area contributed by atoms with Gasteiger partial charge in [-0.05, 0) is 35.7 Å². The molecule has 0 aliphatic carbocycles. The quantitative estimate of drug-likeness (QED) is 0.501. The number of ether oxygens (including phenoxy) is 2. The first-order valence-electron chi connectivity index (χ1n) is 9.34. The highest BCUT2D eigenvalue weighted by molar-refractivity contribution is 7.17. The molecular formula is C22H19N3O5S. The van der Waals surface area contributed by atoms with Crippen LogP contribution >= 0.6 is 11.3 Å². The molecule has 0 unspecified atom stereocenters. The molecule has 0 aliphatic rings. The lowest BCUT2D eigenvalue weighted by atomic mass is 10.2. The topological polar surface area (TPSA) is 91.6 Å². The van der Waals surface area contributed by atoms with Gasteiger partial charge in [-0.2, -0.15) is 0 Å². The molecule has 0 saturated carbocycles. The van der Waals surface area contributed by atoms with Gasteiger partial charge in [0.25, 0.3) is 5.56 Å². The minimum atomic E-state index is -0.579. The van der Waals surface area contributed by atoms with E-state index in [4.69, 9.17) is 9.47 Å². The summed E-state index contributed by atoms with van der Waals surface area (Å²) in [6.07, 6.45) is 0. The van der Waals surface area contributed by atoms with Gasteiger partial charge in [0.05, 0.1) is 25.4 Å². The van der Waals surface area contributed by atoms with Gasteiger partial charge in [0.15, 0.2) is 11.5 Å². The van der Waals surface area contributed by atoms with Crippen LogP contribution in [0, 0.1) is 0 Å². The smallest absolute Gasteiger partial charge is 0.336 e. The van der Waals surface area contributed by atoms with E-state index in [-0.39, 0.29) is 6.54 Å². The molecule has 1 N–H and O–H groups in total. The van der Waals surface area contributed by atoms with Crippen molar-refractivity contribution >= 4 is 33.1 Å². The van der Waals surface area contributed by atoms with Crippen molar-refractivity contribution in [1.82, 2.24) is 9.13 Å². The zero-order valence-electron chi connectivity index (χ0n) is 16.8. The van der Waals surface area contributed by atoms with E-state index in [0.717, 1.165) is 4.57 Å². The maximum Gasteiger partial charge on any atom is 0.336 e. The third-order valence-electron chi connectivity index (χ3n) is 4.74. The van der Waals surface area contributed by atoms with Gasteiger partial charge in [-0.15, -0.1) is 11.3 Å². The number of anilines is 1. The fourth-order valence-corrected chi connectivity index (χ4v) is 4.13. The monoisotopic (exact) mass is 437 g/mol. The number of nitrogens with one attached hydrogen (secondary N) is 1. The molecule has 0 saturated heterocycles. The summed E-state index contributed by atoms with van der Waals surface area (Å²) in [4.78, 5) is 38.9. The Morgan fingerprint density at radius 2 is 1.74 bits per heavy atom. The summed E-state index contributed by atoms with van der Waals surface area (Å²) in [7, 11) is 3.03. The van der Waals surface area contributed by atoms with Crippen LogP contribution in [0.3, 0.4) is 0 Å². The fourth-order valence-electron chi connectivity index (χ4n) is 3.30. The van der Waals surface area contributed by atoms with Crippen LogP contribution < -0.4 is 26.0 Å². The maximum absolute atomic E-state index is 13.2. The highest BCUT2D eigenvalue weighted by Crippen LogP contribution is 2.29. The fraction of sp³-hybridized carbons (Fsp3) is 0.136. The number of carbonyl (C=O) groups is 1. The predicted octanol–water partition coefficient (Wildman–Crippen LogP) is 2.87. The van der Waals surface area contributed by atoms with Gasteiger partial charge >= 0.3 is 5.69 Å². The summed E-state index contributed by atoms with van der Waals surface area (Å²) in [6, 6.07) is 15.3. The van der Waals surface area contributed by atoms with Gasteiger partial charge in [0.1, 0.15) is 11.2 Å². The Bertz CT molecular complexity index is 1370. The standard InChI is InChI=1S/C22H19N3O5S/c1-29-17-9-8-14(12-18(17)30-2)23-19(26)13-24-16-10-11-31-20(16)21(27)25(22(24)28)15-6-4-3-5-7-15/h3-12H,13H2,1-2H3,(H,23,26). The zero-order chi connectivity index (χ0) is 22.0. The molecule has 0 fully saturated rings. The second-order valence-corrected chi connectivity index (χ2v) is 7.51. The summed E-state index contributed by atoms with van der Waals surface area (Å²) in [6.45, 7) is -0.256. The third-order valence-corrected chi connectivity index (χ3v) is 5.63. The SMILES string of the molecule is COc1ccc(NC(=O)Cn2c(=O)n(-c3ccccc3)c(=O)c3sccc32)cc1OC. The lowest BCUT2D eigenvalue weighted by molar-refractivity contribution is -0.116.